The molecule has 1 fully saturated rings. The van der Waals surface area contributed by atoms with Crippen molar-refractivity contribution in [3.63, 3.8) is 0 Å². The van der Waals surface area contributed by atoms with Gasteiger partial charge in [0.25, 0.3) is 0 Å². The second-order valence-corrected chi connectivity index (χ2v) is 4.70. The van der Waals surface area contributed by atoms with Crippen molar-refractivity contribution in [3.05, 3.63) is 23.7 Å². The van der Waals surface area contributed by atoms with Crippen LogP contribution in [-0.2, 0) is 4.79 Å². The number of hydrogen-bond acceptors (Lipinski definition) is 3. The number of carbonyl (C=O) groups is 1. The van der Waals surface area contributed by atoms with Crippen LogP contribution >= 0.6 is 0 Å². The fourth-order valence-electron chi connectivity index (χ4n) is 2.30. The topological polar surface area (TPSA) is 54.3 Å². The van der Waals surface area contributed by atoms with Crippen LogP contribution in [0.25, 0.3) is 0 Å². The maximum absolute atomic E-state index is 11.8. The molecule has 2 rings (SSSR count). The minimum absolute atomic E-state index is 0.0684. The van der Waals surface area contributed by atoms with E-state index in [1.807, 2.05) is 19.9 Å². The molecule has 0 radical (unpaired) electrons. The van der Waals surface area contributed by atoms with Crippen molar-refractivity contribution in [2.24, 2.45) is 0 Å². The number of aryl methyl sites for hydroxylation is 1. The summed E-state index contributed by atoms with van der Waals surface area (Å²) in [5, 5.41) is 6.27. The fourth-order valence-corrected chi connectivity index (χ4v) is 2.30. The van der Waals surface area contributed by atoms with Crippen molar-refractivity contribution in [1.29, 1.82) is 0 Å². The van der Waals surface area contributed by atoms with Crippen molar-refractivity contribution in [1.82, 2.24) is 10.6 Å². The van der Waals surface area contributed by atoms with Gasteiger partial charge in [-0.15, -0.1) is 0 Å². The highest BCUT2D eigenvalue weighted by atomic mass is 16.3. The molecular formula is C13H20N2O2. The van der Waals surface area contributed by atoms with Crippen LogP contribution in [0.1, 0.15) is 43.6 Å². The van der Waals surface area contributed by atoms with E-state index in [1.165, 1.54) is 0 Å². The van der Waals surface area contributed by atoms with Gasteiger partial charge in [-0.05, 0) is 44.7 Å². The molecule has 0 saturated carbocycles. The molecule has 4 nitrogen and oxygen atoms in total. The third-order valence-electron chi connectivity index (χ3n) is 3.28. The normalized spacial score (nSPS) is 22.9. The lowest BCUT2D eigenvalue weighted by Crippen LogP contribution is -2.43. The van der Waals surface area contributed by atoms with Gasteiger partial charge >= 0.3 is 0 Å². The standard InChI is InChI=1S/C13H20N2O2/c1-9-6-8-17-12(9)10(2)15-11-5-3-4-7-14-13(11)16/h6,8,10-11,15H,3-5,7H2,1-2H3,(H,14,16). The third-order valence-corrected chi connectivity index (χ3v) is 3.28. The SMILES string of the molecule is Cc1ccoc1C(C)NC1CCCCNC1=O. The highest BCUT2D eigenvalue weighted by Crippen LogP contribution is 2.19. The van der Waals surface area contributed by atoms with E-state index in [1.54, 1.807) is 6.26 Å². The maximum atomic E-state index is 11.8. The Morgan fingerprint density at radius 2 is 2.35 bits per heavy atom. The predicted octanol–water partition coefficient (Wildman–Crippen LogP) is 1.91. The molecule has 1 aromatic rings. The third kappa shape index (κ3) is 2.88. The van der Waals surface area contributed by atoms with Crippen molar-refractivity contribution >= 4 is 5.91 Å². The molecule has 17 heavy (non-hydrogen) atoms. The molecule has 0 spiro atoms. The molecule has 1 aliphatic heterocycles. The number of nitrogens with one attached hydrogen (secondary N) is 2. The van der Waals surface area contributed by atoms with Gasteiger partial charge in [-0.2, -0.15) is 0 Å². The van der Waals surface area contributed by atoms with E-state index in [0.717, 1.165) is 37.1 Å². The average molecular weight is 236 g/mol. The van der Waals surface area contributed by atoms with Crippen LogP contribution in [0.3, 0.4) is 0 Å². The first-order valence-corrected chi connectivity index (χ1v) is 6.26. The number of hydrogen-bond donors (Lipinski definition) is 2. The molecule has 1 saturated heterocycles. The summed E-state index contributed by atoms with van der Waals surface area (Å²) < 4.78 is 5.44. The molecule has 0 aliphatic carbocycles. The van der Waals surface area contributed by atoms with Gasteiger partial charge in [0.15, 0.2) is 0 Å². The maximum Gasteiger partial charge on any atom is 0.237 e. The largest absolute Gasteiger partial charge is 0.467 e. The van der Waals surface area contributed by atoms with Gasteiger partial charge in [-0.3, -0.25) is 10.1 Å². The lowest BCUT2D eigenvalue weighted by atomic mass is 10.1. The Bertz CT molecular complexity index is 387. The van der Waals surface area contributed by atoms with E-state index in [4.69, 9.17) is 4.42 Å². The second-order valence-electron chi connectivity index (χ2n) is 4.70. The van der Waals surface area contributed by atoms with Crippen LogP contribution in [0, 0.1) is 6.92 Å². The van der Waals surface area contributed by atoms with Crippen LogP contribution in [0.15, 0.2) is 16.7 Å². The van der Waals surface area contributed by atoms with Crippen LogP contribution in [0.5, 0.6) is 0 Å². The molecule has 94 valence electrons. The van der Waals surface area contributed by atoms with E-state index in [-0.39, 0.29) is 18.0 Å². The summed E-state index contributed by atoms with van der Waals surface area (Å²) in [5.74, 6) is 1.03. The van der Waals surface area contributed by atoms with E-state index >= 15 is 0 Å². The highest BCUT2D eigenvalue weighted by molar-refractivity contribution is 5.81. The number of amides is 1. The molecule has 2 N–H and O–H groups in total. The van der Waals surface area contributed by atoms with Crippen LogP contribution < -0.4 is 10.6 Å². The summed E-state index contributed by atoms with van der Waals surface area (Å²) >= 11 is 0. The summed E-state index contributed by atoms with van der Waals surface area (Å²) in [6.45, 7) is 4.85. The Kier molecular flexibility index (Phi) is 3.84. The van der Waals surface area contributed by atoms with E-state index in [9.17, 15) is 4.79 Å². The zero-order valence-corrected chi connectivity index (χ0v) is 10.5. The molecule has 2 heterocycles. The monoisotopic (exact) mass is 236 g/mol. The Morgan fingerprint density at radius 3 is 3.06 bits per heavy atom. The summed E-state index contributed by atoms with van der Waals surface area (Å²) in [6.07, 6.45) is 4.74. The summed E-state index contributed by atoms with van der Waals surface area (Å²) in [6, 6.07) is 1.91. The van der Waals surface area contributed by atoms with Gasteiger partial charge in [0.1, 0.15) is 5.76 Å². The van der Waals surface area contributed by atoms with E-state index in [0.29, 0.717) is 0 Å². The van der Waals surface area contributed by atoms with E-state index in [2.05, 4.69) is 10.6 Å². The first-order chi connectivity index (χ1) is 8.18. The molecule has 2 unspecified atom stereocenters. The molecule has 2 atom stereocenters. The smallest absolute Gasteiger partial charge is 0.237 e. The van der Waals surface area contributed by atoms with Crippen molar-refractivity contribution in [2.45, 2.75) is 45.2 Å². The Labute approximate surface area is 102 Å². The van der Waals surface area contributed by atoms with Gasteiger partial charge in [-0.25, -0.2) is 0 Å². The predicted molar refractivity (Wildman–Crippen MR) is 65.6 cm³/mol. The van der Waals surface area contributed by atoms with Gasteiger partial charge < -0.3 is 9.73 Å². The summed E-state index contributed by atoms with van der Waals surface area (Å²) in [4.78, 5) is 11.8. The van der Waals surface area contributed by atoms with Crippen LogP contribution in [0.4, 0.5) is 0 Å². The van der Waals surface area contributed by atoms with Gasteiger partial charge in [-0.1, -0.05) is 0 Å². The van der Waals surface area contributed by atoms with Gasteiger partial charge in [0, 0.05) is 6.54 Å². The minimum Gasteiger partial charge on any atom is -0.467 e. The molecule has 1 aliphatic rings. The second kappa shape index (κ2) is 5.36. The zero-order chi connectivity index (χ0) is 12.3. The molecule has 1 aromatic heterocycles. The molecule has 0 aromatic carbocycles. The van der Waals surface area contributed by atoms with E-state index < -0.39 is 0 Å². The number of furan rings is 1. The molecule has 4 heteroatoms. The lowest BCUT2D eigenvalue weighted by Gasteiger charge is -2.20. The first-order valence-electron chi connectivity index (χ1n) is 6.26. The highest BCUT2D eigenvalue weighted by Gasteiger charge is 2.23. The van der Waals surface area contributed by atoms with Crippen LogP contribution in [-0.4, -0.2) is 18.5 Å². The van der Waals surface area contributed by atoms with Crippen molar-refractivity contribution in [3.8, 4) is 0 Å². The minimum atomic E-state index is -0.100. The fraction of sp³-hybridized carbons (Fsp3) is 0.615. The Balaban J connectivity index is 2.00. The van der Waals surface area contributed by atoms with Crippen molar-refractivity contribution < 1.29 is 9.21 Å². The summed E-state index contributed by atoms with van der Waals surface area (Å²) in [7, 11) is 0. The molecule has 1 amide bonds. The van der Waals surface area contributed by atoms with Gasteiger partial charge in [0.05, 0.1) is 18.3 Å². The molecular weight excluding hydrogens is 216 g/mol. The zero-order valence-electron chi connectivity index (χ0n) is 10.5. The van der Waals surface area contributed by atoms with Crippen LogP contribution in [0.2, 0.25) is 0 Å². The average Bonchev–Trinajstić information content (AvgIpc) is 2.63. The summed E-state index contributed by atoms with van der Waals surface area (Å²) in [5.41, 5.74) is 1.12. The lowest BCUT2D eigenvalue weighted by molar-refractivity contribution is -0.123. The number of rotatable bonds is 3. The molecule has 0 bridgehead atoms. The van der Waals surface area contributed by atoms with Gasteiger partial charge in [0.2, 0.25) is 5.91 Å². The Morgan fingerprint density at radius 1 is 1.53 bits per heavy atom. The quantitative estimate of drug-likeness (QED) is 0.843. The first kappa shape index (κ1) is 12.2. The van der Waals surface area contributed by atoms with Crippen molar-refractivity contribution in [2.75, 3.05) is 6.54 Å². The number of carbonyl (C=O) groups excluding carboxylic acids is 1. The Hall–Kier alpha value is -1.29.